The molecule has 4 heterocycles. The van der Waals surface area contributed by atoms with E-state index in [0.29, 0.717) is 5.92 Å². The van der Waals surface area contributed by atoms with E-state index in [-0.39, 0.29) is 50.3 Å². The Bertz CT molecular complexity index is 3710. The van der Waals surface area contributed by atoms with E-state index < -0.39 is 0 Å². The smallest absolute Gasteiger partial charge is 0.252 e. The van der Waals surface area contributed by atoms with Crippen LogP contribution in [-0.2, 0) is 32.5 Å². The predicted octanol–water partition coefficient (Wildman–Crippen LogP) is 20.3. The van der Waals surface area contributed by atoms with Crippen molar-refractivity contribution in [2.45, 2.75) is 238 Å². The molecule has 0 saturated heterocycles. The van der Waals surface area contributed by atoms with Crippen molar-refractivity contribution in [2.75, 3.05) is 19.6 Å². The van der Waals surface area contributed by atoms with Gasteiger partial charge >= 0.3 is 0 Å². The first-order chi connectivity index (χ1) is 39.5. The van der Waals surface area contributed by atoms with E-state index in [4.69, 9.17) is 0 Å². The second-order valence-electron chi connectivity index (χ2n) is 32.1. The number of hydrogen-bond acceptors (Lipinski definition) is 4. The number of nitrogens with zero attached hydrogens (tertiary/aromatic N) is 4. The molecule has 2 saturated carbocycles. The molecule has 0 N–H and O–H groups in total. The number of hydrogen-bond donors (Lipinski definition) is 0. The molecule has 0 spiro atoms. The zero-order valence-corrected chi connectivity index (χ0v) is 54.7. The van der Waals surface area contributed by atoms with E-state index in [1.165, 1.54) is 164 Å². The highest BCUT2D eigenvalue weighted by Gasteiger charge is 2.61. The fraction of sp³-hybridized carbons (Fsp3) is 0.468. The van der Waals surface area contributed by atoms with Crippen LogP contribution in [0, 0.1) is 0 Å². The van der Waals surface area contributed by atoms with Crippen LogP contribution >= 0.6 is 0 Å². The highest BCUT2D eigenvalue weighted by atomic mass is 15.3. The van der Waals surface area contributed by atoms with Crippen molar-refractivity contribution in [2.24, 2.45) is 0 Å². The molecule has 2 fully saturated rings. The maximum Gasteiger partial charge on any atom is 0.252 e. The molecule has 7 aromatic carbocycles. The summed E-state index contributed by atoms with van der Waals surface area (Å²) in [5.74, 6) is 0.537. The van der Waals surface area contributed by atoms with Crippen molar-refractivity contribution in [3.8, 4) is 0 Å². The summed E-state index contributed by atoms with van der Waals surface area (Å²) in [6.07, 6.45) is 12.0. The number of benzene rings is 7. The molecule has 0 amide bonds. The highest BCUT2D eigenvalue weighted by molar-refractivity contribution is 7.00. The standard InChI is InChI=1S/C79H97BN4/c1-19-24-51(2)52-25-33-59(34-26-52)83-65-49-67-63(47-61(65)76(15)41-20-22-43-78(76,83)17)80-64-48-62-66(84(79(18)44-23-21-42-77(62,79)16)60-39-31-55(32-40-60)74(9,10)11)50-68(64)82(58-37-29-54(30-38-58)73(6,7)8)70-46-56(75(12,13)14)45-69(71(70)80)81(67)57-35-27-53(28-36-57)72(3,4)5/h25-40,45-51H,19-24,41-44H2,1-18H3. The quantitative estimate of drug-likeness (QED) is 0.147. The fourth-order valence-electron chi connectivity index (χ4n) is 17.1. The zero-order chi connectivity index (χ0) is 59.6. The monoisotopic (exact) mass is 1110 g/mol. The Morgan fingerprint density at radius 1 is 0.405 bits per heavy atom. The first-order valence-corrected chi connectivity index (χ1v) is 32.7. The van der Waals surface area contributed by atoms with Gasteiger partial charge in [-0.1, -0.05) is 204 Å². The van der Waals surface area contributed by atoms with Gasteiger partial charge in [-0.3, -0.25) is 0 Å². The van der Waals surface area contributed by atoms with Crippen LogP contribution in [0.15, 0.2) is 133 Å². The third-order valence-electron chi connectivity index (χ3n) is 22.8. The molecule has 0 aromatic heterocycles. The van der Waals surface area contributed by atoms with Crippen LogP contribution in [-0.4, -0.2) is 17.8 Å². The summed E-state index contributed by atoms with van der Waals surface area (Å²) in [6.45, 7) is 43.5. The number of anilines is 10. The Morgan fingerprint density at radius 3 is 1.11 bits per heavy atom. The lowest BCUT2D eigenvalue weighted by Crippen LogP contribution is -2.62. The molecule has 0 bridgehead atoms. The SMILES string of the molecule is CCCC(C)c1ccc(N2c3cc4c(cc3C3(C)CCCCC23C)B2c3cc5c(cc3N(c3ccc(C(C)(C)C)cc3)c3cc(C(C)(C)C)cc(c32)N4c2ccc(C(C)(C)C)cc2)N(c2ccc(C(C)(C)C)cc2)C2(C)CCCCC52C)cc1. The third kappa shape index (κ3) is 8.39. The summed E-state index contributed by atoms with van der Waals surface area (Å²) in [5.41, 5.74) is 26.7. The second-order valence-corrected chi connectivity index (χ2v) is 32.1. The van der Waals surface area contributed by atoms with Gasteiger partial charge in [0, 0.05) is 67.7 Å². The van der Waals surface area contributed by atoms with Gasteiger partial charge in [-0.15, -0.1) is 0 Å². The summed E-state index contributed by atoms with van der Waals surface area (Å²) in [5, 5.41) is 0. The second kappa shape index (κ2) is 19.2. The Balaban J connectivity index is 1.14. The maximum atomic E-state index is 2.83. The van der Waals surface area contributed by atoms with Gasteiger partial charge in [-0.2, -0.15) is 0 Å². The molecule has 436 valence electrons. The lowest BCUT2D eigenvalue weighted by Gasteiger charge is -2.50. The van der Waals surface area contributed by atoms with Crippen molar-refractivity contribution >= 4 is 80.0 Å². The number of rotatable bonds is 7. The van der Waals surface area contributed by atoms with Gasteiger partial charge in [0.25, 0.3) is 6.71 Å². The molecule has 4 nitrogen and oxygen atoms in total. The van der Waals surface area contributed by atoms with Crippen molar-refractivity contribution in [3.63, 3.8) is 0 Å². The van der Waals surface area contributed by atoms with Crippen LogP contribution in [0.2, 0.25) is 0 Å². The summed E-state index contributed by atoms with van der Waals surface area (Å²) in [7, 11) is 0. The first-order valence-electron chi connectivity index (χ1n) is 32.7. The summed E-state index contributed by atoms with van der Waals surface area (Å²) < 4.78 is 0. The van der Waals surface area contributed by atoms with Gasteiger partial charge in [0.15, 0.2) is 0 Å². The summed E-state index contributed by atoms with van der Waals surface area (Å²) in [4.78, 5) is 11.1. The average Bonchev–Trinajstić information content (AvgIpc) is 1.38. The van der Waals surface area contributed by atoms with Crippen molar-refractivity contribution < 1.29 is 0 Å². The largest absolute Gasteiger partial charge is 0.334 e. The molecule has 2 aliphatic carbocycles. The van der Waals surface area contributed by atoms with E-state index in [9.17, 15) is 0 Å². The molecule has 13 rings (SSSR count). The molecule has 5 atom stereocenters. The van der Waals surface area contributed by atoms with Crippen molar-refractivity contribution in [1.82, 2.24) is 0 Å². The predicted molar refractivity (Wildman–Crippen MR) is 364 cm³/mol. The third-order valence-corrected chi connectivity index (χ3v) is 22.8. The minimum atomic E-state index is -0.146. The summed E-state index contributed by atoms with van der Waals surface area (Å²) >= 11 is 0. The van der Waals surface area contributed by atoms with E-state index in [1.807, 2.05) is 0 Å². The topological polar surface area (TPSA) is 13.0 Å². The molecule has 4 aliphatic heterocycles. The summed E-state index contributed by atoms with van der Waals surface area (Å²) in [6, 6.07) is 55.1. The minimum Gasteiger partial charge on any atom is -0.334 e. The van der Waals surface area contributed by atoms with Crippen LogP contribution in [0.4, 0.5) is 56.9 Å². The van der Waals surface area contributed by atoms with Gasteiger partial charge in [0.1, 0.15) is 0 Å². The molecule has 84 heavy (non-hydrogen) atoms. The lowest BCUT2D eigenvalue weighted by molar-refractivity contribution is 0.195. The minimum absolute atomic E-state index is 0.0179. The van der Waals surface area contributed by atoms with Gasteiger partial charge < -0.3 is 19.6 Å². The molecule has 5 heteroatoms. The Labute approximate surface area is 507 Å². The maximum absolute atomic E-state index is 2.83. The average molecular weight is 1110 g/mol. The first kappa shape index (κ1) is 56.9. The fourth-order valence-corrected chi connectivity index (χ4v) is 17.1. The number of fused-ring (bicyclic) bond motifs is 10. The van der Waals surface area contributed by atoms with Crippen LogP contribution in [0.1, 0.15) is 234 Å². The van der Waals surface area contributed by atoms with Crippen LogP contribution < -0.4 is 36.0 Å². The van der Waals surface area contributed by atoms with Crippen LogP contribution in [0.5, 0.6) is 0 Å². The molecule has 6 aliphatic rings. The van der Waals surface area contributed by atoms with Crippen LogP contribution in [0.25, 0.3) is 0 Å². The zero-order valence-electron chi connectivity index (χ0n) is 54.7. The molecule has 5 unspecified atom stereocenters. The molecular formula is C79H97BN4. The molecule has 7 aromatic rings. The van der Waals surface area contributed by atoms with Gasteiger partial charge in [-0.05, 0) is 202 Å². The Kier molecular flexibility index (Phi) is 13.0. The van der Waals surface area contributed by atoms with E-state index in [1.54, 1.807) is 0 Å². The van der Waals surface area contributed by atoms with Gasteiger partial charge in [0.05, 0.1) is 11.1 Å². The van der Waals surface area contributed by atoms with Crippen LogP contribution in [0.3, 0.4) is 0 Å². The highest BCUT2D eigenvalue weighted by Crippen LogP contribution is 2.64. The van der Waals surface area contributed by atoms with Gasteiger partial charge in [-0.25, -0.2) is 0 Å². The van der Waals surface area contributed by atoms with E-state index >= 15 is 0 Å². The Hall–Kier alpha value is -6.20. The normalized spacial score (nSPS) is 23.8. The van der Waals surface area contributed by atoms with E-state index in [0.717, 1.165) is 12.8 Å². The van der Waals surface area contributed by atoms with E-state index in [2.05, 4.69) is 278 Å². The lowest BCUT2D eigenvalue weighted by atomic mass is 9.33. The van der Waals surface area contributed by atoms with Crippen molar-refractivity contribution in [3.05, 3.63) is 172 Å². The van der Waals surface area contributed by atoms with Crippen molar-refractivity contribution in [1.29, 1.82) is 0 Å². The molecular weight excluding hydrogens is 1020 g/mol. The Morgan fingerprint density at radius 2 is 0.750 bits per heavy atom. The van der Waals surface area contributed by atoms with Gasteiger partial charge in [0.2, 0.25) is 0 Å². The molecule has 0 radical (unpaired) electrons.